The monoisotopic (exact) mass is 463 g/mol. The Hall–Kier alpha value is -3.07. The lowest BCUT2D eigenvalue weighted by atomic mass is 9.71. The molecule has 0 spiro atoms. The Morgan fingerprint density at radius 2 is 1.90 bits per heavy atom. The van der Waals surface area contributed by atoms with E-state index in [4.69, 9.17) is 4.74 Å². The van der Waals surface area contributed by atoms with Crippen molar-refractivity contribution in [2.24, 2.45) is 0 Å². The summed E-state index contributed by atoms with van der Waals surface area (Å²) in [6.07, 6.45) is -0.915. The highest BCUT2D eigenvalue weighted by atomic mass is 79.9. The minimum Gasteiger partial charge on any atom is -0.481 e. The summed E-state index contributed by atoms with van der Waals surface area (Å²) >= 11 is 3.13. The van der Waals surface area contributed by atoms with Gasteiger partial charge in [0.1, 0.15) is 5.82 Å². The Labute approximate surface area is 173 Å². The molecule has 1 atom stereocenters. The van der Waals surface area contributed by atoms with E-state index in [1.54, 1.807) is 0 Å². The molecule has 7 nitrogen and oxygen atoms in total. The van der Waals surface area contributed by atoms with Gasteiger partial charge in [0.15, 0.2) is 5.41 Å². The standard InChI is InChI=1S/C20H15BrFNO6/c1-29-19(28)20(9-16(24)25)14-5-3-2-4-13(14)17(26)23(18(20)27)10-11-6-7-12(21)8-15(11)22/h2-8H,9-10H2,1H3,(H,24,25). The third-order valence-electron chi connectivity index (χ3n) is 4.77. The van der Waals surface area contributed by atoms with Gasteiger partial charge in [0.25, 0.3) is 11.8 Å². The van der Waals surface area contributed by atoms with Crippen molar-refractivity contribution in [2.75, 3.05) is 7.11 Å². The van der Waals surface area contributed by atoms with Gasteiger partial charge >= 0.3 is 11.9 Å². The first-order valence-corrected chi connectivity index (χ1v) is 9.21. The van der Waals surface area contributed by atoms with Crippen LogP contribution in [0.5, 0.6) is 0 Å². The van der Waals surface area contributed by atoms with Gasteiger partial charge in [-0.05, 0) is 23.8 Å². The summed E-state index contributed by atoms with van der Waals surface area (Å²) in [5.74, 6) is -5.02. The van der Waals surface area contributed by atoms with Gasteiger partial charge in [-0.2, -0.15) is 0 Å². The molecule has 0 radical (unpaired) electrons. The van der Waals surface area contributed by atoms with E-state index in [9.17, 15) is 28.7 Å². The number of rotatable bonds is 5. The van der Waals surface area contributed by atoms with Crippen LogP contribution in [0.1, 0.15) is 27.9 Å². The van der Waals surface area contributed by atoms with Gasteiger partial charge in [-0.15, -0.1) is 0 Å². The molecule has 1 aliphatic rings. The summed E-state index contributed by atoms with van der Waals surface area (Å²) in [5, 5.41) is 9.41. The maximum Gasteiger partial charge on any atom is 0.326 e. The van der Waals surface area contributed by atoms with Crippen LogP contribution in [0.25, 0.3) is 0 Å². The number of nitrogens with zero attached hydrogens (tertiary/aromatic N) is 1. The van der Waals surface area contributed by atoms with Crippen molar-refractivity contribution in [3.8, 4) is 0 Å². The second kappa shape index (κ2) is 7.75. The van der Waals surface area contributed by atoms with Gasteiger partial charge in [0.2, 0.25) is 0 Å². The van der Waals surface area contributed by atoms with Gasteiger partial charge in [-0.1, -0.05) is 40.2 Å². The molecule has 9 heteroatoms. The molecular weight excluding hydrogens is 449 g/mol. The van der Waals surface area contributed by atoms with Gasteiger partial charge in [-0.3, -0.25) is 24.1 Å². The van der Waals surface area contributed by atoms with Crippen molar-refractivity contribution in [1.29, 1.82) is 0 Å². The minimum atomic E-state index is -2.25. The third kappa shape index (κ3) is 3.42. The van der Waals surface area contributed by atoms with E-state index >= 15 is 0 Å². The molecule has 1 N–H and O–H groups in total. The van der Waals surface area contributed by atoms with E-state index in [-0.39, 0.29) is 16.7 Å². The smallest absolute Gasteiger partial charge is 0.326 e. The van der Waals surface area contributed by atoms with Crippen molar-refractivity contribution < 1.29 is 33.4 Å². The van der Waals surface area contributed by atoms with Crippen molar-refractivity contribution in [3.63, 3.8) is 0 Å². The van der Waals surface area contributed by atoms with Crippen LogP contribution in [0.4, 0.5) is 4.39 Å². The number of hydrogen-bond acceptors (Lipinski definition) is 5. The maximum absolute atomic E-state index is 14.3. The highest BCUT2D eigenvalue weighted by molar-refractivity contribution is 9.10. The van der Waals surface area contributed by atoms with Crippen LogP contribution in [0.15, 0.2) is 46.9 Å². The SMILES string of the molecule is COC(=O)C1(CC(=O)O)C(=O)N(Cc2ccc(Br)cc2F)C(=O)c2ccccc21. The molecule has 2 aromatic carbocycles. The fourth-order valence-electron chi connectivity index (χ4n) is 3.43. The van der Waals surface area contributed by atoms with Gasteiger partial charge in [0, 0.05) is 15.6 Å². The fourth-order valence-corrected chi connectivity index (χ4v) is 3.76. The number of carboxylic acids is 1. The second-order valence-electron chi connectivity index (χ2n) is 6.45. The largest absolute Gasteiger partial charge is 0.481 e. The number of benzene rings is 2. The molecule has 0 aliphatic carbocycles. The molecule has 0 saturated carbocycles. The highest BCUT2D eigenvalue weighted by Crippen LogP contribution is 2.39. The molecule has 1 heterocycles. The molecule has 1 unspecified atom stereocenters. The first kappa shape index (κ1) is 20.7. The number of ether oxygens (including phenoxy) is 1. The van der Waals surface area contributed by atoms with Crippen molar-refractivity contribution in [2.45, 2.75) is 18.4 Å². The number of halogens is 2. The molecule has 2 aromatic rings. The average molecular weight is 464 g/mol. The number of imide groups is 1. The number of esters is 1. The Bertz CT molecular complexity index is 1040. The Morgan fingerprint density at radius 1 is 1.21 bits per heavy atom. The molecule has 1 aliphatic heterocycles. The number of methoxy groups -OCH3 is 1. The number of fused-ring (bicyclic) bond motifs is 1. The first-order chi connectivity index (χ1) is 13.7. The van der Waals surface area contributed by atoms with Crippen LogP contribution in [0, 0.1) is 5.82 Å². The Balaban J connectivity index is 2.20. The van der Waals surface area contributed by atoms with E-state index in [1.807, 2.05) is 0 Å². The van der Waals surface area contributed by atoms with Crippen LogP contribution < -0.4 is 0 Å². The summed E-state index contributed by atoms with van der Waals surface area (Å²) in [7, 11) is 1.02. The Morgan fingerprint density at radius 3 is 2.52 bits per heavy atom. The minimum absolute atomic E-state index is 0.0173. The van der Waals surface area contributed by atoms with Crippen LogP contribution >= 0.6 is 15.9 Å². The van der Waals surface area contributed by atoms with Gasteiger partial charge in [-0.25, -0.2) is 4.39 Å². The Kier molecular flexibility index (Phi) is 5.52. The van der Waals surface area contributed by atoms with E-state index in [0.29, 0.717) is 9.37 Å². The predicted octanol–water partition coefficient (Wildman–Crippen LogP) is 2.66. The molecule has 0 saturated heterocycles. The molecule has 29 heavy (non-hydrogen) atoms. The van der Waals surface area contributed by atoms with Crippen molar-refractivity contribution in [1.82, 2.24) is 4.90 Å². The summed E-state index contributed by atoms with van der Waals surface area (Å²) in [6.45, 7) is -0.469. The zero-order chi connectivity index (χ0) is 21.3. The lowest BCUT2D eigenvalue weighted by molar-refractivity contribution is -0.161. The number of carboxylic acid groups (broad SMARTS) is 1. The van der Waals surface area contributed by atoms with Crippen molar-refractivity contribution in [3.05, 3.63) is 69.4 Å². The summed E-state index contributed by atoms with van der Waals surface area (Å²) in [4.78, 5) is 51.3. The van der Waals surface area contributed by atoms with E-state index in [2.05, 4.69) is 15.9 Å². The van der Waals surface area contributed by atoms with E-state index < -0.39 is 48.0 Å². The van der Waals surface area contributed by atoms with Crippen molar-refractivity contribution >= 4 is 39.7 Å². The fraction of sp³-hybridized carbons (Fsp3) is 0.200. The lowest BCUT2D eigenvalue weighted by Crippen LogP contribution is -2.59. The number of amides is 2. The molecule has 0 bridgehead atoms. The first-order valence-electron chi connectivity index (χ1n) is 8.42. The second-order valence-corrected chi connectivity index (χ2v) is 7.36. The van der Waals surface area contributed by atoms with Crippen LogP contribution in [0.3, 0.4) is 0 Å². The normalized spacial score (nSPS) is 18.4. The van der Waals surface area contributed by atoms with Crippen LogP contribution in [-0.2, 0) is 31.1 Å². The highest BCUT2D eigenvalue weighted by Gasteiger charge is 2.58. The summed E-state index contributed by atoms with van der Waals surface area (Å²) in [5.41, 5.74) is -2.28. The quantitative estimate of drug-likeness (QED) is 0.415. The average Bonchev–Trinajstić information content (AvgIpc) is 2.69. The molecule has 0 fully saturated rings. The van der Waals surface area contributed by atoms with Crippen LogP contribution in [-0.4, -0.2) is 40.9 Å². The molecule has 150 valence electrons. The van der Waals surface area contributed by atoms with Gasteiger partial charge in [0.05, 0.1) is 20.1 Å². The topological polar surface area (TPSA) is 101 Å². The zero-order valence-electron chi connectivity index (χ0n) is 15.1. The molecular formula is C20H15BrFNO6. The van der Waals surface area contributed by atoms with Crippen LogP contribution in [0.2, 0.25) is 0 Å². The van der Waals surface area contributed by atoms with Gasteiger partial charge < -0.3 is 9.84 Å². The molecule has 2 amide bonds. The summed E-state index contributed by atoms with van der Waals surface area (Å²) < 4.78 is 19.5. The maximum atomic E-state index is 14.3. The number of hydrogen-bond donors (Lipinski definition) is 1. The van der Waals surface area contributed by atoms with E-state index in [0.717, 1.165) is 7.11 Å². The lowest BCUT2D eigenvalue weighted by Gasteiger charge is -2.39. The summed E-state index contributed by atoms with van der Waals surface area (Å²) in [6, 6.07) is 9.84. The third-order valence-corrected chi connectivity index (χ3v) is 5.26. The number of aliphatic carboxylic acids is 1. The predicted molar refractivity (Wildman–Crippen MR) is 101 cm³/mol. The number of carbonyl (C=O) groups is 4. The number of carbonyl (C=O) groups excluding carboxylic acids is 3. The molecule has 3 rings (SSSR count). The zero-order valence-corrected chi connectivity index (χ0v) is 16.7. The molecule has 0 aromatic heterocycles. The van der Waals surface area contributed by atoms with E-state index in [1.165, 1.54) is 42.5 Å².